The Bertz CT molecular complexity index is 608. The minimum absolute atomic E-state index is 0.213. The van der Waals surface area contributed by atoms with Crippen molar-refractivity contribution in [1.29, 1.82) is 0 Å². The molecule has 2 aromatic rings. The van der Waals surface area contributed by atoms with Crippen LogP contribution in [0.2, 0.25) is 0 Å². The Morgan fingerprint density at radius 3 is 2.24 bits per heavy atom. The summed E-state index contributed by atoms with van der Waals surface area (Å²) in [6, 6.07) is 8.97. The molecule has 0 aliphatic heterocycles. The number of halogens is 4. The number of aromatic hydroxyl groups is 1. The van der Waals surface area contributed by atoms with Gasteiger partial charge in [0, 0.05) is 18.7 Å². The van der Waals surface area contributed by atoms with Gasteiger partial charge in [-0.25, -0.2) is 4.39 Å². The lowest BCUT2D eigenvalue weighted by Crippen LogP contribution is -2.13. The van der Waals surface area contributed by atoms with Crippen molar-refractivity contribution in [3.63, 3.8) is 0 Å². The van der Waals surface area contributed by atoms with E-state index in [1.165, 1.54) is 18.2 Å². The zero-order valence-electron chi connectivity index (χ0n) is 10.9. The van der Waals surface area contributed by atoms with Gasteiger partial charge in [-0.1, -0.05) is 24.3 Å². The van der Waals surface area contributed by atoms with Crippen molar-refractivity contribution < 1.29 is 22.7 Å². The number of hydrogen-bond acceptors (Lipinski definition) is 2. The Morgan fingerprint density at radius 2 is 1.62 bits per heavy atom. The van der Waals surface area contributed by atoms with Gasteiger partial charge in [0.1, 0.15) is 0 Å². The van der Waals surface area contributed by atoms with Crippen molar-refractivity contribution in [1.82, 2.24) is 5.32 Å². The number of alkyl halides is 3. The smallest absolute Gasteiger partial charge is 0.416 e. The summed E-state index contributed by atoms with van der Waals surface area (Å²) in [6.45, 7) is 0.526. The van der Waals surface area contributed by atoms with Crippen LogP contribution in [0.3, 0.4) is 0 Å². The predicted octanol–water partition coefficient (Wildman–Crippen LogP) is 3.84. The Balaban J connectivity index is 1.93. The summed E-state index contributed by atoms with van der Waals surface area (Å²) in [6.07, 6.45) is -4.35. The van der Waals surface area contributed by atoms with E-state index in [2.05, 4.69) is 5.32 Å². The van der Waals surface area contributed by atoms with Crippen LogP contribution in [0.4, 0.5) is 17.6 Å². The van der Waals surface area contributed by atoms with Gasteiger partial charge < -0.3 is 10.4 Å². The Labute approximate surface area is 119 Å². The minimum atomic E-state index is -4.35. The van der Waals surface area contributed by atoms with E-state index in [0.717, 1.165) is 18.2 Å². The van der Waals surface area contributed by atoms with E-state index >= 15 is 0 Å². The number of rotatable bonds is 4. The van der Waals surface area contributed by atoms with Gasteiger partial charge in [0.25, 0.3) is 0 Å². The fourth-order valence-electron chi connectivity index (χ4n) is 1.86. The average Bonchev–Trinajstić information content (AvgIpc) is 2.43. The van der Waals surface area contributed by atoms with E-state index in [-0.39, 0.29) is 6.54 Å². The first kappa shape index (κ1) is 15.3. The number of benzene rings is 2. The minimum Gasteiger partial charge on any atom is -0.505 e. The van der Waals surface area contributed by atoms with Crippen LogP contribution in [0, 0.1) is 5.82 Å². The van der Waals surface area contributed by atoms with Crippen molar-refractivity contribution >= 4 is 0 Å². The van der Waals surface area contributed by atoms with Crippen molar-refractivity contribution in [2.24, 2.45) is 0 Å². The molecule has 0 amide bonds. The molecule has 6 heteroatoms. The normalized spacial score (nSPS) is 11.6. The van der Waals surface area contributed by atoms with E-state index in [1.807, 2.05) is 0 Å². The van der Waals surface area contributed by atoms with E-state index in [4.69, 9.17) is 0 Å². The lowest BCUT2D eigenvalue weighted by atomic mass is 10.1. The molecule has 2 rings (SSSR count). The second kappa shape index (κ2) is 6.13. The molecule has 2 aromatic carbocycles. The van der Waals surface area contributed by atoms with Crippen LogP contribution in [0.25, 0.3) is 0 Å². The van der Waals surface area contributed by atoms with Crippen LogP contribution >= 0.6 is 0 Å². The third-order valence-electron chi connectivity index (χ3n) is 3.00. The highest BCUT2D eigenvalue weighted by molar-refractivity contribution is 5.33. The van der Waals surface area contributed by atoms with Crippen molar-refractivity contribution in [2.45, 2.75) is 19.3 Å². The SMILES string of the molecule is Oc1c(F)cccc1CNCc1ccc(C(F)(F)F)cc1. The summed E-state index contributed by atoms with van der Waals surface area (Å²) in [7, 11) is 0. The molecule has 21 heavy (non-hydrogen) atoms. The molecule has 0 aromatic heterocycles. The van der Waals surface area contributed by atoms with Gasteiger partial charge >= 0.3 is 6.18 Å². The van der Waals surface area contributed by atoms with E-state index in [1.54, 1.807) is 6.07 Å². The van der Waals surface area contributed by atoms with Crippen LogP contribution in [0.5, 0.6) is 5.75 Å². The molecule has 2 nitrogen and oxygen atoms in total. The van der Waals surface area contributed by atoms with Crippen LogP contribution < -0.4 is 5.32 Å². The summed E-state index contributed by atoms with van der Waals surface area (Å²) in [5.74, 6) is -1.12. The van der Waals surface area contributed by atoms with Gasteiger partial charge in [0.05, 0.1) is 5.56 Å². The Hall–Kier alpha value is -2.08. The molecule has 0 saturated heterocycles. The highest BCUT2D eigenvalue weighted by Gasteiger charge is 2.29. The van der Waals surface area contributed by atoms with E-state index < -0.39 is 23.3 Å². The van der Waals surface area contributed by atoms with Crippen molar-refractivity contribution in [3.05, 3.63) is 65.0 Å². The zero-order chi connectivity index (χ0) is 15.5. The number of nitrogens with one attached hydrogen (secondary N) is 1. The highest BCUT2D eigenvalue weighted by atomic mass is 19.4. The largest absolute Gasteiger partial charge is 0.505 e. The molecular formula is C15H13F4NO. The molecule has 0 atom stereocenters. The second-order valence-electron chi connectivity index (χ2n) is 4.55. The summed E-state index contributed by atoms with van der Waals surface area (Å²) in [5.41, 5.74) is 0.356. The molecule has 0 spiro atoms. The number of para-hydroxylation sites is 1. The van der Waals surface area contributed by atoms with Crippen LogP contribution in [0.1, 0.15) is 16.7 Å². The van der Waals surface area contributed by atoms with Gasteiger partial charge in [0.15, 0.2) is 11.6 Å². The maximum absolute atomic E-state index is 13.1. The lowest BCUT2D eigenvalue weighted by Gasteiger charge is -2.09. The topological polar surface area (TPSA) is 32.3 Å². The summed E-state index contributed by atoms with van der Waals surface area (Å²) in [4.78, 5) is 0. The van der Waals surface area contributed by atoms with Gasteiger partial charge in [-0.15, -0.1) is 0 Å². The summed E-state index contributed by atoms with van der Waals surface area (Å²) < 4.78 is 50.3. The third kappa shape index (κ3) is 3.95. The quantitative estimate of drug-likeness (QED) is 0.841. The molecule has 0 unspecified atom stereocenters. The fraction of sp³-hybridized carbons (Fsp3) is 0.200. The molecule has 0 radical (unpaired) electrons. The summed E-state index contributed by atoms with van der Waals surface area (Å²) >= 11 is 0. The maximum atomic E-state index is 13.1. The molecule has 0 aliphatic rings. The highest BCUT2D eigenvalue weighted by Crippen LogP contribution is 2.29. The molecular weight excluding hydrogens is 286 g/mol. The standard InChI is InChI=1S/C15H13F4NO/c16-13-3-1-2-11(14(13)21)9-20-8-10-4-6-12(7-5-10)15(17,18)19/h1-7,20-21H,8-9H2. The molecule has 0 bridgehead atoms. The van der Waals surface area contributed by atoms with Gasteiger partial charge in [-0.2, -0.15) is 13.2 Å². The molecule has 112 valence electrons. The van der Waals surface area contributed by atoms with Gasteiger partial charge in [0.2, 0.25) is 0 Å². The number of phenolic OH excluding ortho intramolecular Hbond substituents is 1. The monoisotopic (exact) mass is 299 g/mol. The molecule has 0 heterocycles. The molecule has 0 aliphatic carbocycles. The molecule has 2 N–H and O–H groups in total. The Morgan fingerprint density at radius 1 is 0.952 bits per heavy atom. The average molecular weight is 299 g/mol. The third-order valence-corrected chi connectivity index (χ3v) is 3.00. The van der Waals surface area contributed by atoms with Gasteiger partial charge in [-0.05, 0) is 23.8 Å². The first-order valence-corrected chi connectivity index (χ1v) is 6.21. The van der Waals surface area contributed by atoms with Crippen LogP contribution in [-0.4, -0.2) is 5.11 Å². The number of phenols is 1. The predicted molar refractivity (Wildman–Crippen MR) is 70.1 cm³/mol. The van der Waals surface area contributed by atoms with Crippen LogP contribution in [0.15, 0.2) is 42.5 Å². The first-order chi connectivity index (χ1) is 9.88. The lowest BCUT2D eigenvalue weighted by molar-refractivity contribution is -0.137. The van der Waals surface area contributed by atoms with E-state index in [0.29, 0.717) is 17.7 Å². The van der Waals surface area contributed by atoms with Crippen molar-refractivity contribution in [3.8, 4) is 5.75 Å². The fourth-order valence-corrected chi connectivity index (χ4v) is 1.86. The van der Waals surface area contributed by atoms with Crippen LogP contribution in [-0.2, 0) is 19.3 Å². The van der Waals surface area contributed by atoms with Gasteiger partial charge in [-0.3, -0.25) is 0 Å². The van der Waals surface area contributed by atoms with Crippen molar-refractivity contribution in [2.75, 3.05) is 0 Å². The second-order valence-corrected chi connectivity index (χ2v) is 4.55. The van der Waals surface area contributed by atoms with E-state index in [9.17, 15) is 22.7 Å². The molecule has 0 fully saturated rings. The summed E-state index contributed by atoms with van der Waals surface area (Å²) in [5, 5.41) is 12.4. The molecule has 0 saturated carbocycles. The Kier molecular flexibility index (Phi) is 4.47. The maximum Gasteiger partial charge on any atom is 0.416 e. The first-order valence-electron chi connectivity index (χ1n) is 6.21. The zero-order valence-corrected chi connectivity index (χ0v) is 10.9. The number of hydrogen-bond donors (Lipinski definition) is 2.